The van der Waals surface area contributed by atoms with Crippen molar-refractivity contribution >= 4 is 17.3 Å². The van der Waals surface area contributed by atoms with E-state index in [4.69, 9.17) is 5.11 Å². The molecule has 0 saturated carbocycles. The maximum Gasteiger partial charge on any atom is 0.303 e. The van der Waals surface area contributed by atoms with Gasteiger partial charge in [-0.15, -0.1) is 11.3 Å². The molecular formula is C12H11NO2S. The van der Waals surface area contributed by atoms with Gasteiger partial charge in [0.05, 0.1) is 0 Å². The normalized spacial score (nSPS) is 10.2. The van der Waals surface area contributed by atoms with Crippen LogP contribution in [0, 0.1) is 0 Å². The van der Waals surface area contributed by atoms with Crippen LogP contribution in [-0.4, -0.2) is 16.1 Å². The number of thiazole rings is 1. The molecule has 0 aliphatic carbocycles. The second-order valence-electron chi connectivity index (χ2n) is 3.39. The SMILES string of the molecule is O=C(O)CCc1ccccc1-c1nccs1. The van der Waals surface area contributed by atoms with Gasteiger partial charge in [0.15, 0.2) is 0 Å². The molecule has 16 heavy (non-hydrogen) atoms. The van der Waals surface area contributed by atoms with E-state index in [0.29, 0.717) is 6.42 Å². The molecule has 0 amide bonds. The summed E-state index contributed by atoms with van der Waals surface area (Å²) >= 11 is 1.57. The summed E-state index contributed by atoms with van der Waals surface area (Å²) in [6, 6.07) is 7.81. The fourth-order valence-electron chi connectivity index (χ4n) is 1.55. The summed E-state index contributed by atoms with van der Waals surface area (Å²) in [6.45, 7) is 0. The smallest absolute Gasteiger partial charge is 0.303 e. The largest absolute Gasteiger partial charge is 0.481 e. The van der Waals surface area contributed by atoms with Crippen molar-refractivity contribution in [2.75, 3.05) is 0 Å². The molecule has 4 heteroatoms. The summed E-state index contributed by atoms with van der Waals surface area (Å²) in [5, 5.41) is 11.5. The third-order valence-electron chi connectivity index (χ3n) is 2.29. The molecule has 0 aliphatic heterocycles. The van der Waals surface area contributed by atoms with Crippen LogP contribution in [0.2, 0.25) is 0 Å². The van der Waals surface area contributed by atoms with Crippen LogP contribution in [0.1, 0.15) is 12.0 Å². The molecule has 0 spiro atoms. The van der Waals surface area contributed by atoms with Crippen molar-refractivity contribution in [2.24, 2.45) is 0 Å². The molecule has 0 aliphatic rings. The molecule has 0 atom stereocenters. The van der Waals surface area contributed by atoms with Gasteiger partial charge in [-0.25, -0.2) is 4.98 Å². The molecule has 0 saturated heterocycles. The third-order valence-corrected chi connectivity index (χ3v) is 3.09. The minimum absolute atomic E-state index is 0.155. The highest BCUT2D eigenvalue weighted by atomic mass is 32.1. The second-order valence-corrected chi connectivity index (χ2v) is 4.28. The summed E-state index contributed by atoms with van der Waals surface area (Å²) in [6.07, 6.45) is 2.46. The Labute approximate surface area is 97.4 Å². The molecule has 0 fully saturated rings. The van der Waals surface area contributed by atoms with Crippen molar-refractivity contribution < 1.29 is 9.90 Å². The molecule has 0 unspecified atom stereocenters. The van der Waals surface area contributed by atoms with Gasteiger partial charge in [0, 0.05) is 23.6 Å². The van der Waals surface area contributed by atoms with Gasteiger partial charge in [-0.05, 0) is 12.0 Å². The summed E-state index contributed by atoms with van der Waals surface area (Å²) in [5.74, 6) is -0.769. The van der Waals surface area contributed by atoms with Crippen LogP contribution in [0.25, 0.3) is 10.6 Å². The Hall–Kier alpha value is -1.68. The zero-order chi connectivity index (χ0) is 11.4. The van der Waals surface area contributed by atoms with Crippen LogP contribution >= 0.6 is 11.3 Å². The quantitative estimate of drug-likeness (QED) is 0.883. The predicted octanol–water partition coefficient (Wildman–Crippen LogP) is 2.83. The molecule has 0 radical (unpaired) electrons. The Bertz CT molecular complexity index is 480. The van der Waals surface area contributed by atoms with E-state index in [9.17, 15) is 4.79 Å². The minimum Gasteiger partial charge on any atom is -0.481 e. The Morgan fingerprint density at radius 2 is 2.19 bits per heavy atom. The highest BCUT2D eigenvalue weighted by Crippen LogP contribution is 2.26. The molecule has 1 aromatic carbocycles. The second kappa shape index (κ2) is 4.90. The molecule has 1 aromatic heterocycles. The Balaban J connectivity index is 2.27. The monoisotopic (exact) mass is 233 g/mol. The molecule has 1 heterocycles. The van der Waals surface area contributed by atoms with Crippen LogP contribution in [0.4, 0.5) is 0 Å². The zero-order valence-electron chi connectivity index (χ0n) is 8.59. The first-order valence-electron chi connectivity index (χ1n) is 4.97. The molecule has 82 valence electrons. The number of nitrogens with zero attached hydrogens (tertiary/aromatic N) is 1. The van der Waals surface area contributed by atoms with Crippen molar-refractivity contribution in [1.29, 1.82) is 0 Å². The third kappa shape index (κ3) is 2.46. The zero-order valence-corrected chi connectivity index (χ0v) is 9.41. The number of carbonyl (C=O) groups is 1. The first-order chi connectivity index (χ1) is 7.77. The number of benzene rings is 1. The lowest BCUT2D eigenvalue weighted by molar-refractivity contribution is -0.136. The number of rotatable bonds is 4. The number of aryl methyl sites for hydroxylation is 1. The van der Waals surface area contributed by atoms with Gasteiger partial charge in [-0.3, -0.25) is 4.79 Å². The number of carboxylic acid groups (broad SMARTS) is 1. The van der Waals surface area contributed by atoms with Crippen LogP contribution < -0.4 is 0 Å². The van der Waals surface area contributed by atoms with Crippen LogP contribution in [-0.2, 0) is 11.2 Å². The Morgan fingerprint density at radius 1 is 1.38 bits per heavy atom. The van der Waals surface area contributed by atoms with Gasteiger partial charge in [-0.1, -0.05) is 24.3 Å². The maximum atomic E-state index is 10.6. The van der Waals surface area contributed by atoms with Crippen molar-refractivity contribution in [3.8, 4) is 10.6 Å². The Morgan fingerprint density at radius 3 is 2.88 bits per heavy atom. The molecule has 3 nitrogen and oxygen atoms in total. The van der Waals surface area contributed by atoms with Crippen molar-refractivity contribution in [3.63, 3.8) is 0 Å². The van der Waals surface area contributed by atoms with Gasteiger partial charge in [0.2, 0.25) is 0 Å². The average molecular weight is 233 g/mol. The highest BCUT2D eigenvalue weighted by molar-refractivity contribution is 7.13. The van der Waals surface area contributed by atoms with E-state index >= 15 is 0 Å². The van der Waals surface area contributed by atoms with E-state index in [1.807, 2.05) is 29.6 Å². The van der Waals surface area contributed by atoms with Crippen molar-refractivity contribution in [1.82, 2.24) is 4.98 Å². The lowest BCUT2D eigenvalue weighted by Gasteiger charge is -2.05. The lowest BCUT2D eigenvalue weighted by atomic mass is 10.0. The van der Waals surface area contributed by atoms with E-state index in [-0.39, 0.29) is 6.42 Å². The van der Waals surface area contributed by atoms with E-state index in [2.05, 4.69) is 4.98 Å². The van der Waals surface area contributed by atoms with Gasteiger partial charge in [0.1, 0.15) is 5.01 Å². The minimum atomic E-state index is -0.769. The van der Waals surface area contributed by atoms with E-state index in [1.54, 1.807) is 17.5 Å². The molecule has 2 rings (SSSR count). The highest BCUT2D eigenvalue weighted by Gasteiger charge is 2.07. The number of carboxylic acids is 1. The molecule has 2 aromatic rings. The van der Waals surface area contributed by atoms with Gasteiger partial charge in [0.25, 0.3) is 0 Å². The van der Waals surface area contributed by atoms with Gasteiger partial charge in [-0.2, -0.15) is 0 Å². The molecule has 1 N–H and O–H groups in total. The van der Waals surface area contributed by atoms with E-state index in [0.717, 1.165) is 16.1 Å². The van der Waals surface area contributed by atoms with Gasteiger partial charge >= 0.3 is 5.97 Å². The summed E-state index contributed by atoms with van der Waals surface area (Å²) < 4.78 is 0. The lowest BCUT2D eigenvalue weighted by Crippen LogP contribution is -1.98. The number of hydrogen-bond acceptors (Lipinski definition) is 3. The fourth-order valence-corrected chi connectivity index (χ4v) is 2.24. The van der Waals surface area contributed by atoms with Crippen LogP contribution in [0.3, 0.4) is 0 Å². The number of aliphatic carboxylic acids is 1. The van der Waals surface area contributed by atoms with Crippen LogP contribution in [0.15, 0.2) is 35.8 Å². The van der Waals surface area contributed by atoms with Gasteiger partial charge < -0.3 is 5.11 Å². The topological polar surface area (TPSA) is 50.2 Å². The summed E-state index contributed by atoms with van der Waals surface area (Å²) in [5.41, 5.74) is 2.08. The summed E-state index contributed by atoms with van der Waals surface area (Å²) in [4.78, 5) is 14.8. The first kappa shape index (κ1) is 10.8. The summed E-state index contributed by atoms with van der Waals surface area (Å²) in [7, 11) is 0. The van der Waals surface area contributed by atoms with E-state index < -0.39 is 5.97 Å². The first-order valence-corrected chi connectivity index (χ1v) is 5.85. The Kier molecular flexibility index (Phi) is 3.31. The number of aromatic nitrogens is 1. The predicted molar refractivity (Wildman–Crippen MR) is 63.5 cm³/mol. The van der Waals surface area contributed by atoms with Crippen molar-refractivity contribution in [2.45, 2.75) is 12.8 Å². The van der Waals surface area contributed by atoms with Crippen molar-refractivity contribution in [3.05, 3.63) is 41.4 Å². The maximum absolute atomic E-state index is 10.6. The number of hydrogen-bond donors (Lipinski definition) is 1. The standard InChI is InChI=1S/C12H11NO2S/c14-11(15)6-5-9-3-1-2-4-10(9)12-13-7-8-16-12/h1-4,7-8H,5-6H2,(H,14,15). The molecular weight excluding hydrogens is 222 g/mol. The fraction of sp³-hybridized carbons (Fsp3) is 0.167. The average Bonchev–Trinajstić information content (AvgIpc) is 2.80. The van der Waals surface area contributed by atoms with Crippen LogP contribution in [0.5, 0.6) is 0 Å². The molecule has 0 bridgehead atoms. The van der Waals surface area contributed by atoms with E-state index in [1.165, 1.54) is 0 Å².